The summed E-state index contributed by atoms with van der Waals surface area (Å²) in [5.41, 5.74) is 3.46. The van der Waals surface area contributed by atoms with Gasteiger partial charge in [0.15, 0.2) is 0 Å². The molecule has 1 aliphatic heterocycles. The van der Waals surface area contributed by atoms with E-state index in [0.29, 0.717) is 0 Å². The summed E-state index contributed by atoms with van der Waals surface area (Å²) in [7, 11) is 0. The SMILES string of the molecule is CCCC1CCCCCC(C)C2=C1CCCN2. The molecular formula is C16H29N. The normalized spacial score (nSPS) is 30.9. The van der Waals surface area contributed by atoms with Gasteiger partial charge in [-0.25, -0.2) is 0 Å². The predicted octanol–water partition coefficient (Wildman–Crippen LogP) is 4.64. The largest absolute Gasteiger partial charge is 0.388 e. The Balaban J connectivity index is 2.21. The number of nitrogens with one attached hydrogen (secondary N) is 1. The standard InChI is InChI=1S/C16H29N/c1-3-8-14-10-6-4-5-9-13(2)16-15(14)11-7-12-17-16/h13-14,17H,3-12H2,1-2H3. The van der Waals surface area contributed by atoms with E-state index in [1.807, 2.05) is 5.57 Å². The Bertz CT molecular complexity index is 267. The Hall–Kier alpha value is -0.460. The summed E-state index contributed by atoms with van der Waals surface area (Å²) in [6.45, 7) is 5.98. The van der Waals surface area contributed by atoms with Crippen molar-refractivity contribution in [3.05, 3.63) is 11.3 Å². The Labute approximate surface area is 107 Å². The highest BCUT2D eigenvalue weighted by atomic mass is 14.9. The van der Waals surface area contributed by atoms with Crippen molar-refractivity contribution in [3.8, 4) is 0 Å². The molecule has 0 fully saturated rings. The van der Waals surface area contributed by atoms with Gasteiger partial charge in [0, 0.05) is 12.2 Å². The van der Waals surface area contributed by atoms with Crippen molar-refractivity contribution in [1.82, 2.24) is 5.32 Å². The van der Waals surface area contributed by atoms with Gasteiger partial charge in [-0.3, -0.25) is 0 Å². The lowest BCUT2D eigenvalue weighted by molar-refractivity contribution is 0.445. The van der Waals surface area contributed by atoms with E-state index in [2.05, 4.69) is 19.2 Å². The first-order valence-corrected chi connectivity index (χ1v) is 7.79. The third kappa shape index (κ3) is 3.26. The van der Waals surface area contributed by atoms with Crippen LogP contribution in [0, 0.1) is 11.8 Å². The molecule has 17 heavy (non-hydrogen) atoms. The highest BCUT2D eigenvalue weighted by Crippen LogP contribution is 2.35. The molecule has 98 valence electrons. The van der Waals surface area contributed by atoms with Crippen molar-refractivity contribution >= 4 is 0 Å². The van der Waals surface area contributed by atoms with Gasteiger partial charge >= 0.3 is 0 Å². The molecule has 2 unspecified atom stereocenters. The first-order chi connectivity index (χ1) is 8.33. The summed E-state index contributed by atoms with van der Waals surface area (Å²) in [4.78, 5) is 0. The molecular weight excluding hydrogens is 206 g/mol. The zero-order valence-corrected chi connectivity index (χ0v) is 11.7. The van der Waals surface area contributed by atoms with Crippen LogP contribution in [0.5, 0.6) is 0 Å². The molecule has 0 radical (unpaired) electrons. The second-order valence-corrected chi connectivity index (χ2v) is 5.99. The van der Waals surface area contributed by atoms with E-state index in [0.717, 1.165) is 11.8 Å². The molecule has 1 heterocycles. The molecule has 2 aliphatic rings. The predicted molar refractivity (Wildman–Crippen MR) is 74.9 cm³/mol. The van der Waals surface area contributed by atoms with Gasteiger partial charge in [0.1, 0.15) is 0 Å². The molecule has 0 bridgehead atoms. The monoisotopic (exact) mass is 235 g/mol. The minimum absolute atomic E-state index is 0.780. The van der Waals surface area contributed by atoms with Gasteiger partial charge in [0.2, 0.25) is 0 Å². The van der Waals surface area contributed by atoms with Crippen LogP contribution < -0.4 is 5.32 Å². The van der Waals surface area contributed by atoms with E-state index in [-0.39, 0.29) is 0 Å². The van der Waals surface area contributed by atoms with Crippen LogP contribution >= 0.6 is 0 Å². The van der Waals surface area contributed by atoms with Gasteiger partial charge in [0.25, 0.3) is 0 Å². The summed E-state index contributed by atoms with van der Waals surface area (Å²) >= 11 is 0. The van der Waals surface area contributed by atoms with Gasteiger partial charge in [-0.15, -0.1) is 0 Å². The molecule has 2 atom stereocenters. The molecule has 0 saturated carbocycles. The fourth-order valence-corrected chi connectivity index (χ4v) is 3.67. The van der Waals surface area contributed by atoms with Crippen molar-refractivity contribution in [2.75, 3.05) is 6.54 Å². The zero-order chi connectivity index (χ0) is 12.1. The van der Waals surface area contributed by atoms with Crippen molar-refractivity contribution in [1.29, 1.82) is 0 Å². The van der Waals surface area contributed by atoms with E-state index in [1.165, 1.54) is 64.3 Å². The molecule has 0 amide bonds. The third-order valence-corrected chi connectivity index (χ3v) is 4.60. The second-order valence-electron chi connectivity index (χ2n) is 5.99. The fourth-order valence-electron chi connectivity index (χ4n) is 3.67. The summed E-state index contributed by atoms with van der Waals surface area (Å²) in [5.74, 6) is 1.67. The first-order valence-electron chi connectivity index (χ1n) is 7.79. The van der Waals surface area contributed by atoms with Crippen LogP contribution in [0.15, 0.2) is 11.3 Å². The smallest absolute Gasteiger partial charge is 0.0147 e. The van der Waals surface area contributed by atoms with Crippen molar-refractivity contribution in [2.24, 2.45) is 11.8 Å². The molecule has 1 nitrogen and oxygen atoms in total. The quantitative estimate of drug-likeness (QED) is 0.735. The van der Waals surface area contributed by atoms with Gasteiger partial charge < -0.3 is 5.32 Å². The molecule has 1 N–H and O–H groups in total. The van der Waals surface area contributed by atoms with Crippen LogP contribution in [0.25, 0.3) is 0 Å². The Morgan fingerprint density at radius 2 is 1.94 bits per heavy atom. The van der Waals surface area contributed by atoms with Crippen LogP contribution in [0.2, 0.25) is 0 Å². The first kappa shape index (κ1) is 13.0. The number of allylic oxidation sites excluding steroid dienone is 2. The van der Waals surface area contributed by atoms with Crippen LogP contribution in [0.1, 0.15) is 71.6 Å². The van der Waals surface area contributed by atoms with Crippen molar-refractivity contribution < 1.29 is 0 Å². The molecule has 0 aromatic rings. The number of hydrogen-bond donors (Lipinski definition) is 1. The zero-order valence-electron chi connectivity index (χ0n) is 11.7. The molecule has 1 heteroatoms. The summed E-state index contributed by atoms with van der Waals surface area (Å²) in [6, 6.07) is 0. The average molecular weight is 235 g/mol. The van der Waals surface area contributed by atoms with Crippen molar-refractivity contribution in [3.63, 3.8) is 0 Å². The lowest BCUT2D eigenvalue weighted by Gasteiger charge is -2.30. The highest BCUT2D eigenvalue weighted by Gasteiger charge is 2.24. The maximum atomic E-state index is 3.73. The average Bonchev–Trinajstić information content (AvgIpc) is 2.43. The summed E-state index contributed by atoms with van der Waals surface area (Å²) in [5, 5.41) is 3.73. The van der Waals surface area contributed by atoms with Gasteiger partial charge in [-0.05, 0) is 49.5 Å². The molecule has 0 saturated heterocycles. The minimum Gasteiger partial charge on any atom is -0.388 e. The minimum atomic E-state index is 0.780. The Morgan fingerprint density at radius 3 is 2.76 bits per heavy atom. The number of hydrogen-bond acceptors (Lipinski definition) is 1. The molecule has 0 aromatic carbocycles. The lowest BCUT2D eigenvalue weighted by Crippen LogP contribution is -2.28. The van der Waals surface area contributed by atoms with E-state index in [1.54, 1.807) is 5.70 Å². The summed E-state index contributed by atoms with van der Waals surface area (Å²) < 4.78 is 0. The van der Waals surface area contributed by atoms with E-state index in [9.17, 15) is 0 Å². The van der Waals surface area contributed by atoms with Gasteiger partial charge in [-0.1, -0.05) is 39.5 Å². The van der Waals surface area contributed by atoms with Crippen LogP contribution in [0.4, 0.5) is 0 Å². The summed E-state index contributed by atoms with van der Waals surface area (Å²) in [6.07, 6.45) is 12.6. The van der Waals surface area contributed by atoms with Crippen molar-refractivity contribution in [2.45, 2.75) is 71.6 Å². The number of rotatable bonds is 2. The van der Waals surface area contributed by atoms with E-state index in [4.69, 9.17) is 0 Å². The van der Waals surface area contributed by atoms with Gasteiger partial charge in [-0.2, -0.15) is 0 Å². The molecule has 0 spiro atoms. The maximum absolute atomic E-state index is 3.73. The van der Waals surface area contributed by atoms with Gasteiger partial charge in [0.05, 0.1) is 0 Å². The van der Waals surface area contributed by atoms with Crippen LogP contribution in [0.3, 0.4) is 0 Å². The maximum Gasteiger partial charge on any atom is 0.0147 e. The lowest BCUT2D eigenvalue weighted by atomic mass is 9.82. The van der Waals surface area contributed by atoms with Crippen LogP contribution in [-0.2, 0) is 0 Å². The second kappa shape index (κ2) is 6.47. The molecule has 1 aliphatic carbocycles. The molecule has 2 rings (SSSR count). The Kier molecular flexibility index (Phi) is 4.94. The Morgan fingerprint density at radius 1 is 1.12 bits per heavy atom. The van der Waals surface area contributed by atoms with E-state index < -0.39 is 0 Å². The highest BCUT2D eigenvalue weighted by molar-refractivity contribution is 5.21. The molecule has 0 aromatic heterocycles. The topological polar surface area (TPSA) is 12.0 Å². The van der Waals surface area contributed by atoms with Crippen LogP contribution in [-0.4, -0.2) is 6.54 Å². The van der Waals surface area contributed by atoms with E-state index >= 15 is 0 Å². The fraction of sp³-hybridized carbons (Fsp3) is 0.875. The third-order valence-electron chi connectivity index (χ3n) is 4.60.